The highest BCUT2D eigenvalue weighted by Gasteiger charge is 2.21. The van der Waals surface area contributed by atoms with Gasteiger partial charge in [0.1, 0.15) is 17.6 Å². The second kappa shape index (κ2) is 10.8. The number of hydrogen-bond donors (Lipinski definition) is 4. The minimum atomic E-state index is -0.974. The maximum absolute atomic E-state index is 13.8. The van der Waals surface area contributed by atoms with Gasteiger partial charge in [-0.25, -0.2) is 14.2 Å². The summed E-state index contributed by atoms with van der Waals surface area (Å²) in [7, 11) is 0. The molecule has 9 heteroatoms. The molecule has 0 aliphatic heterocycles. The van der Waals surface area contributed by atoms with E-state index in [1.165, 1.54) is 12.1 Å². The second-order valence-electron chi connectivity index (χ2n) is 9.18. The number of benzene rings is 3. The number of nitrogens with zero attached hydrogens (tertiary/aromatic N) is 2. The van der Waals surface area contributed by atoms with Gasteiger partial charge in [0.05, 0.1) is 17.6 Å². The summed E-state index contributed by atoms with van der Waals surface area (Å²) in [6.45, 7) is 4.11. The van der Waals surface area contributed by atoms with E-state index in [1.807, 2.05) is 61.5 Å². The summed E-state index contributed by atoms with van der Waals surface area (Å²) >= 11 is 0. The van der Waals surface area contributed by atoms with Crippen LogP contribution in [0, 0.1) is 12.7 Å². The largest absolute Gasteiger partial charge is 0.480 e. The Kier molecular flexibility index (Phi) is 7.08. The van der Waals surface area contributed by atoms with Gasteiger partial charge in [0, 0.05) is 23.7 Å². The number of aromatic amines is 1. The van der Waals surface area contributed by atoms with Crippen molar-refractivity contribution in [3.63, 3.8) is 0 Å². The van der Waals surface area contributed by atoms with Crippen molar-refractivity contribution in [2.75, 3.05) is 10.6 Å². The van der Waals surface area contributed by atoms with Crippen LogP contribution in [0.4, 0.5) is 16.0 Å². The quantitative estimate of drug-likeness (QED) is 0.182. The Hall–Kier alpha value is -4.66. The fourth-order valence-electron chi connectivity index (χ4n) is 4.46. The lowest BCUT2D eigenvalue weighted by atomic mass is 10.0. The molecule has 0 spiro atoms. The van der Waals surface area contributed by atoms with Crippen molar-refractivity contribution in [3.05, 3.63) is 95.0 Å². The number of aromatic nitrogens is 3. The molecular weight excluding hydrogens is 485 g/mol. The van der Waals surface area contributed by atoms with E-state index < -0.39 is 12.0 Å². The summed E-state index contributed by atoms with van der Waals surface area (Å²) in [5.74, 6) is 0.00434. The zero-order valence-electron chi connectivity index (χ0n) is 21.1. The summed E-state index contributed by atoms with van der Waals surface area (Å²) in [6, 6.07) is 19.2. The van der Waals surface area contributed by atoms with Crippen molar-refractivity contribution in [2.24, 2.45) is 0 Å². The molecule has 0 aliphatic carbocycles. The number of carboxylic acid groups (broad SMARTS) is 1. The average Bonchev–Trinajstić information content (AvgIpc) is 3.55. The summed E-state index contributed by atoms with van der Waals surface area (Å²) in [6.07, 6.45) is 0.858. The molecule has 8 nitrogen and oxygen atoms in total. The van der Waals surface area contributed by atoms with Gasteiger partial charge in [-0.15, -0.1) is 0 Å². The van der Waals surface area contributed by atoms with Gasteiger partial charge in [-0.3, -0.25) is 0 Å². The number of fused-ring (bicyclic) bond motifs is 1. The van der Waals surface area contributed by atoms with Gasteiger partial charge < -0.3 is 25.2 Å². The molecule has 0 saturated heterocycles. The Morgan fingerprint density at radius 3 is 2.66 bits per heavy atom. The highest BCUT2D eigenvalue weighted by Crippen LogP contribution is 2.26. The third-order valence-electron chi connectivity index (χ3n) is 6.45. The Balaban J connectivity index is 1.24. The molecular formula is C29H28FN5O3. The molecule has 0 aliphatic rings. The van der Waals surface area contributed by atoms with Crippen molar-refractivity contribution in [2.45, 2.75) is 39.3 Å². The number of hydrogen-bond acceptors (Lipinski definition) is 6. The Morgan fingerprint density at radius 2 is 1.92 bits per heavy atom. The van der Waals surface area contributed by atoms with E-state index in [9.17, 15) is 14.3 Å². The number of para-hydroxylation sites is 2. The van der Waals surface area contributed by atoms with Crippen LogP contribution in [0.3, 0.4) is 0 Å². The molecule has 0 bridgehead atoms. The van der Waals surface area contributed by atoms with Gasteiger partial charge >= 0.3 is 5.97 Å². The molecule has 38 heavy (non-hydrogen) atoms. The van der Waals surface area contributed by atoms with Gasteiger partial charge in [0.2, 0.25) is 5.95 Å². The third kappa shape index (κ3) is 5.51. The molecule has 0 amide bonds. The number of carboxylic acids is 1. The third-order valence-corrected chi connectivity index (χ3v) is 6.45. The van der Waals surface area contributed by atoms with Crippen LogP contribution in [-0.2, 0) is 24.2 Å². The molecule has 0 saturated carbocycles. The highest BCUT2D eigenvalue weighted by atomic mass is 19.1. The number of anilines is 2. The molecule has 4 N–H and O–H groups in total. The van der Waals surface area contributed by atoms with E-state index in [0.29, 0.717) is 41.6 Å². The van der Waals surface area contributed by atoms with E-state index in [1.54, 1.807) is 6.92 Å². The lowest BCUT2D eigenvalue weighted by Gasteiger charge is -2.20. The maximum atomic E-state index is 13.8. The Morgan fingerprint density at radius 1 is 1.13 bits per heavy atom. The predicted octanol–water partition coefficient (Wildman–Crippen LogP) is 5.95. The normalized spacial score (nSPS) is 12.0. The first kappa shape index (κ1) is 25.0. The molecule has 0 fully saturated rings. The van der Waals surface area contributed by atoms with Gasteiger partial charge in [0.25, 0.3) is 0 Å². The van der Waals surface area contributed by atoms with E-state index >= 15 is 0 Å². The van der Waals surface area contributed by atoms with Crippen LogP contribution in [0.1, 0.15) is 29.4 Å². The molecule has 2 heterocycles. The van der Waals surface area contributed by atoms with Crippen LogP contribution in [-0.4, -0.2) is 32.2 Å². The number of imidazole rings is 1. The van der Waals surface area contributed by atoms with Crippen LogP contribution in [0.15, 0.2) is 71.3 Å². The van der Waals surface area contributed by atoms with Gasteiger partial charge in [-0.05, 0) is 54.3 Å². The number of aliphatic carboxylic acids is 1. The first-order valence-electron chi connectivity index (χ1n) is 12.4. The van der Waals surface area contributed by atoms with E-state index in [2.05, 4.69) is 25.8 Å². The van der Waals surface area contributed by atoms with E-state index in [4.69, 9.17) is 4.52 Å². The van der Waals surface area contributed by atoms with Crippen molar-refractivity contribution in [1.82, 2.24) is 15.1 Å². The molecule has 0 radical (unpaired) electrons. The monoisotopic (exact) mass is 513 g/mol. The fraction of sp³-hybridized carbons (Fsp3) is 0.207. The number of nitrogens with one attached hydrogen (secondary N) is 3. The molecule has 1 atom stereocenters. The summed E-state index contributed by atoms with van der Waals surface area (Å²) in [4.78, 5) is 19.7. The number of H-pyrrole nitrogens is 1. The summed E-state index contributed by atoms with van der Waals surface area (Å²) in [5, 5.41) is 20.3. The van der Waals surface area contributed by atoms with Gasteiger partial charge in [-0.2, -0.15) is 0 Å². The zero-order chi connectivity index (χ0) is 26.6. The highest BCUT2D eigenvalue weighted by molar-refractivity contribution is 5.79. The summed E-state index contributed by atoms with van der Waals surface area (Å²) in [5.41, 5.74) is 6.32. The molecule has 194 valence electrons. The number of carbonyl (C=O) groups is 1. The van der Waals surface area contributed by atoms with E-state index in [0.717, 1.165) is 27.7 Å². The minimum Gasteiger partial charge on any atom is -0.480 e. The maximum Gasteiger partial charge on any atom is 0.326 e. The molecule has 1 unspecified atom stereocenters. The van der Waals surface area contributed by atoms with Gasteiger partial charge in [-0.1, -0.05) is 48.5 Å². The van der Waals surface area contributed by atoms with Crippen LogP contribution in [0.2, 0.25) is 0 Å². The van der Waals surface area contributed by atoms with E-state index in [-0.39, 0.29) is 12.2 Å². The van der Waals surface area contributed by atoms with Crippen molar-refractivity contribution >= 4 is 28.6 Å². The van der Waals surface area contributed by atoms with Crippen LogP contribution >= 0.6 is 0 Å². The van der Waals surface area contributed by atoms with Crippen LogP contribution in [0.25, 0.3) is 22.3 Å². The Labute approximate surface area is 218 Å². The van der Waals surface area contributed by atoms with Crippen LogP contribution < -0.4 is 10.6 Å². The smallest absolute Gasteiger partial charge is 0.326 e. The topological polar surface area (TPSA) is 116 Å². The average molecular weight is 514 g/mol. The van der Waals surface area contributed by atoms with Crippen LogP contribution in [0.5, 0.6) is 0 Å². The standard InChI is InChI=1S/C29H28FN5O3/c1-3-19-14-21(30)12-17(2)27(19)32-26(28(36)37)13-18-8-10-20(11-9-18)25-15-22(38-35-25)16-31-29-33-23-6-4-5-7-24(23)34-29/h4-12,14-15,26,32H,3,13,16H2,1-2H3,(H,36,37)(H2,31,33,34). The lowest BCUT2D eigenvalue weighted by Crippen LogP contribution is -2.32. The first-order valence-corrected chi connectivity index (χ1v) is 12.4. The van der Waals surface area contributed by atoms with Crippen molar-refractivity contribution < 1.29 is 18.8 Å². The predicted molar refractivity (Wildman–Crippen MR) is 145 cm³/mol. The number of halogens is 1. The van der Waals surface area contributed by atoms with Crippen molar-refractivity contribution in [3.8, 4) is 11.3 Å². The molecule has 2 aromatic heterocycles. The second-order valence-corrected chi connectivity index (χ2v) is 9.18. The number of aryl methyl sites for hydroxylation is 2. The SMILES string of the molecule is CCc1cc(F)cc(C)c1NC(Cc1ccc(-c2cc(CNc3nc4ccccc4[nH]3)on2)cc1)C(=O)O. The molecule has 3 aromatic carbocycles. The van der Waals surface area contributed by atoms with Gasteiger partial charge in [0.15, 0.2) is 5.76 Å². The summed E-state index contributed by atoms with van der Waals surface area (Å²) < 4.78 is 19.3. The Bertz CT molecular complexity index is 1540. The minimum absolute atomic E-state index is 0.265. The fourth-order valence-corrected chi connectivity index (χ4v) is 4.46. The molecule has 5 rings (SSSR count). The van der Waals surface area contributed by atoms with Crippen molar-refractivity contribution in [1.29, 1.82) is 0 Å². The zero-order valence-corrected chi connectivity index (χ0v) is 21.1. The lowest BCUT2D eigenvalue weighted by molar-refractivity contribution is -0.137. The number of rotatable bonds is 10. The first-order chi connectivity index (χ1) is 18.4. The molecule has 5 aromatic rings.